The molecule has 1 aliphatic carbocycles. The van der Waals surface area contributed by atoms with Crippen molar-refractivity contribution in [2.45, 2.75) is 44.6 Å². The highest BCUT2D eigenvalue weighted by Crippen LogP contribution is 2.36. The van der Waals surface area contributed by atoms with Crippen LogP contribution in [-0.4, -0.2) is 48.7 Å². The van der Waals surface area contributed by atoms with Crippen LogP contribution < -0.4 is 9.64 Å². The molecule has 2 aromatic rings. The molecule has 1 aromatic heterocycles. The van der Waals surface area contributed by atoms with Crippen molar-refractivity contribution in [3.05, 3.63) is 54.2 Å². The van der Waals surface area contributed by atoms with E-state index < -0.39 is 0 Å². The Morgan fingerprint density at radius 2 is 1.78 bits per heavy atom. The van der Waals surface area contributed by atoms with Gasteiger partial charge in [-0.1, -0.05) is 18.2 Å². The van der Waals surface area contributed by atoms with E-state index in [9.17, 15) is 0 Å². The molecular weight excluding hydrogens is 334 g/mol. The Kier molecular flexibility index (Phi) is 5.93. The molecule has 2 heterocycles. The predicted octanol–water partition coefficient (Wildman–Crippen LogP) is 4.33. The van der Waals surface area contributed by atoms with E-state index in [0.717, 1.165) is 50.4 Å². The maximum absolute atomic E-state index is 5.68. The fraction of sp³-hybridized carbons (Fsp3) is 0.522. The fourth-order valence-corrected chi connectivity index (χ4v) is 4.66. The number of ether oxygens (including phenoxy) is 1. The number of pyridine rings is 1. The second-order valence-corrected chi connectivity index (χ2v) is 7.72. The van der Waals surface area contributed by atoms with Gasteiger partial charge in [0.15, 0.2) is 0 Å². The molecule has 1 saturated carbocycles. The zero-order chi connectivity index (χ0) is 18.5. The maximum Gasteiger partial charge on any atom is 0.128 e. The van der Waals surface area contributed by atoms with E-state index in [1.165, 1.54) is 31.2 Å². The highest BCUT2D eigenvalue weighted by molar-refractivity contribution is 5.38. The minimum Gasteiger partial charge on any atom is -0.494 e. The molecule has 0 unspecified atom stereocenters. The average molecular weight is 366 g/mol. The lowest BCUT2D eigenvalue weighted by atomic mass is 9.81. The van der Waals surface area contributed by atoms with E-state index >= 15 is 0 Å². The summed E-state index contributed by atoms with van der Waals surface area (Å²) in [7, 11) is 0. The summed E-state index contributed by atoms with van der Waals surface area (Å²) in [5.41, 5.74) is 1.46. The first-order valence-electron chi connectivity index (χ1n) is 10.5. The van der Waals surface area contributed by atoms with Crippen LogP contribution in [0, 0.1) is 0 Å². The molecule has 1 aromatic carbocycles. The van der Waals surface area contributed by atoms with Crippen molar-refractivity contribution in [1.82, 2.24) is 9.88 Å². The Hall–Kier alpha value is -2.07. The molecule has 2 fully saturated rings. The molecule has 2 aliphatic rings. The second-order valence-electron chi connectivity index (χ2n) is 7.72. The lowest BCUT2D eigenvalue weighted by molar-refractivity contribution is 0.141. The molecule has 0 atom stereocenters. The highest BCUT2D eigenvalue weighted by Gasteiger charge is 2.29. The number of anilines is 1. The zero-order valence-corrected chi connectivity index (χ0v) is 16.4. The van der Waals surface area contributed by atoms with Gasteiger partial charge in [-0.25, -0.2) is 4.98 Å². The third-order valence-corrected chi connectivity index (χ3v) is 6.14. The summed E-state index contributed by atoms with van der Waals surface area (Å²) >= 11 is 0. The van der Waals surface area contributed by atoms with Crippen molar-refractivity contribution < 1.29 is 4.74 Å². The Labute approximate surface area is 163 Å². The summed E-state index contributed by atoms with van der Waals surface area (Å²) < 4.78 is 5.68. The third kappa shape index (κ3) is 4.44. The minimum atomic E-state index is 0.691. The van der Waals surface area contributed by atoms with Crippen LogP contribution in [0.25, 0.3) is 0 Å². The molecule has 4 nitrogen and oxygen atoms in total. The zero-order valence-electron chi connectivity index (χ0n) is 16.4. The molecule has 0 bridgehead atoms. The first-order valence-corrected chi connectivity index (χ1v) is 10.5. The molecular formula is C23H31N3O. The molecule has 0 radical (unpaired) electrons. The van der Waals surface area contributed by atoms with Crippen molar-refractivity contribution in [3.8, 4) is 5.75 Å². The summed E-state index contributed by atoms with van der Waals surface area (Å²) in [6, 6.07) is 15.7. The van der Waals surface area contributed by atoms with Crippen molar-refractivity contribution in [2.24, 2.45) is 0 Å². The normalized spacial score (nSPS) is 24.0. The number of piperazine rings is 1. The van der Waals surface area contributed by atoms with Gasteiger partial charge in [-0.3, -0.25) is 4.90 Å². The van der Waals surface area contributed by atoms with Crippen molar-refractivity contribution in [2.75, 3.05) is 37.7 Å². The van der Waals surface area contributed by atoms with Gasteiger partial charge in [-0.2, -0.15) is 0 Å². The summed E-state index contributed by atoms with van der Waals surface area (Å²) in [6.07, 6.45) is 7.10. The van der Waals surface area contributed by atoms with Gasteiger partial charge >= 0.3 is 0 Å². The second kappa shape index (κ2) is 8.75. The van der Waals surface area contributed by atoms with Gasteiger partial charge in [-0.05, 0) is 68.4 Å². The Bertz CT molecular complexity index is 705. The van der Waals surface area contributed by atoms with E-state index in [2.05, 4.69) is 51.2 Å². The van der Waals surface area contributed by atoms with Crippen LogP contribution >= 0.6 is 0 Å². The van der Waals surface area contributed by atoms with Gasteiger partial charge in [0.25, 0.3) is 0 Å². The average Bonchev–Trinajstić information content (AvgIpc) is 2.75. The predicted molar refractivity (Wildman–Crippen MR) is 111 cm³/mol. The molecule has 0 amide bonds. The van der Waals surface area contributed by atoms with Gasteiger partial charge in [0.1, 0.15) is 11.6 Å². The van der Waals surface area contributed by atoms with Crippen LogP contribution in [0.1, 0.15) is 44.1 Å². The van der Waals surface area contributed by atoms with E-state index in [-0.39, 0.29) is 0 Å². The molecule has 27 heavy (non-hydrogen) atoms. The quantitative estimate of drug-likeness (QED) is 0.789. The van der Waals surface area contributed by atoms with Gasteiger partial charge in [-0.15, -0.1) is 0 Å². The highest BCUT2D eigenvalue weighted by atomic mass is 16.5. The smallest absolute Gasteiger partial charge is 0.128 e. The van der Waals surface area contributed by atoms with Crippen molar-refractivity contribution in [3.63, 3.8) is 0 Å². The van der Waals surface area contributed by atoms with Gasteiger partial charge in [0.2, 0.25) is 0 Å². The largest absolute Gasteiger partial charge is 0.494 e. The fourth-order valence-electron chi connectivity index (χ4n) is 4.66. The summed E-state index contributed by atoms with van der Waals surface area (Å²) in [4.78, 5) is 9.63. The standard InChI is InChI=1S/C23H31N3O/c1-2-27-22-7-5-6-20(18-22)19-9-11-21(12-10-19)25-14-16-26(17-15-25)23-8-3-4-13-24-23/h3-8,13,18-19,21H,2,9-12,14-17H2,1H3. The number of benzene rings is 1. The van der Waals surface area contributed by atoms with E-state index in [0.29, 0.717) is 5.92 Å². The van der Waals surface area contributed by atoms with Crippen LogP contribution in [0.2, 0.25) is 0 Å². The monoisotopic (exact) mass is 365 g/mol. The Balaban J connectivity index is 1.28. The molecule has 4 heteroatoms. The number of hydrogen-bond donors (Lipinski definition) is 0. The SMILES string of the molecule is CCOc1cccc(C2CCC(N3CCN(c4ccccn4)CC3)CC2)c1. The molecule has 1 saturated heterocycles. The van der Waals surface area contributed by atoms with Gasteiger partial charge < -0.3 is 9.64 Å². The number of hydrogen-bond acceptors (Lipinski definition) is 4. The van der Waals surface area contributed by atoms with Crippen molar-refractivity contribution >= 4 is 5.82 Å². The molecule has 0 spiro atoms. The van der Waals surface area contributed by atoms with Crippen LogP contribution in [0.3, 0.4) is 0 Å². The molecule has 1 aliphatic heterocycles. The summed E-state index contributed by atoms with van der Waals surface area (Å²) in [6.45, 7) is 7.28. The van der Waals surface area contributed by atoms with E-state index in [1.807, 2.05) is 19.2 Å². The van der Waals surface area contributed by atoms with Crippen LogP contribution in [0.4, 0.5) is 5.82 Å². The summed E-state index contributed by atoms with van der Waals surface area (Å²) in [5, 5.41) is 0. The minimum absolute atomic E-state index is 0.691. The molecule has 4 rings (SSSR count). The maximum atomic E-state index is 5.68. The van der Waals surface area contributed by atoms with Crippen LogP contribution in [0.5, 0.6) is 5.75 Å². The summed E-state index contributed by atoms with van der Waals surface area (Å²) in [5.74, 6) is 2.83. The Morgan fingerprint density at radius 1 is 0.963 bits per heavy atom. The number of aromatic nitrogens is 1. The first kappa shape index (κ1) is 18.3. The van der Waals surface area contributed by atoms with Crippen LogP contribution in [0.15, 0.2) is 48.7 Å². The molecule has 144 valence electrons. The topological polar surface area (TPSA) is 28.6 Å². The van der Waals surface area contributed by atoms with Gasteiger partial charge in [0.05, 0.1) is 6.61 Å². The third-order valence-electron chi connectivity index (χ3n) is 6.14. The first-order chi connectivity index (χ1) is 13.3. The number of nitrogens with zero attached hydrogens (tertiary/aromatic N) is 3. The van der Waals surface area contributed by atoms with Crippen LogP contribution in [-0.2, 0) is 0 Å². The van der Waals surface area contributed by atoms with Gasteiger partial charge in [0, 0.05) is 38.4 Å². The lowest BCUT2D eigenvalue weighted by Crippen LogP contribution is -2.51. The molecule has 0 N–H and O–H groups in total. The van der Waals surface area contributed by atoms with Crippen molar-refractivity contribution in [1.29, 1.82) is 0 Å². The lowest BCUT2D eigenvalue weighted by Gasteiger charge is -2.42. The Morgan fingerprint density at radius 3 is 2.48 bits per heavy atom. The van der Waals surface area contributed by atoms with E-state index in [4.69, 9.17) is 4.74 Å². The number of rotatable bonds is 5. The van der Waals surface area contributed by atoms with E-state index in [1.54, 1.807) is 0 Å².